The Bertz CT molecular complexity index is 410. The lowest BCUT2D eigenvalue weighted by Crippen LogP contribution is -2.49. The number of likely N-dealkylation sites (N-methyl/N-ethyl adjacent to an activating group) is 1. The summed E-state index contributed by atoms with van der Waals surface area (Å²) in [6.07, 6.45) is 4.32. The van der Waals surface area contributed by atoms with Crippen LogP contribution in [0.1, 0.15) is 32.1 Å². The number of imide groups is 1. The number of urea groups is 1. The molecule has 1 saturated heterocycles. The Morgan fingerprint density at radius 3 is 2.52 bits per heavy atom. The van der Waals surface area contributed by atoms with Crippen molar-refractivity contribution >= 4 is 30.3 Å². The smallest absolute Gasteiger partial charge is 0.325 e. The fraction of sp³-hybridized carbons (Fsp3) is 0.769. The van der Waals surface area contributed by atoms with Gasteiger partial charge in [0.05, 0.1) is 0 Å². The first-order valence-electron chi connectivity index (χ1n) is 7.14. The van der Waals surface area contributed by atoms with Crippen molar-refractivity contribution < 1.29 is 14.4 Å². The second-order valence-corrected chi connectivity index (χ2v) is 5.42. The maximum atomic E-state index is 12.4. The molecule has 21 heavy (non-hydrogen) atoms. The van der Waals surface area contributed by atoms with Crippen molar-refractivity contribution in [3.05, 3.63) is 0 Å². The Morgan fingerprint density at radius 2 is 1.90 bits per heavy atom. The van der Waals surface area contributed by atoms with Gasteiger partial charge in [-0.2, -0.15) is 0 Å². The van der Waals surface area contributed by atoms with Crippen LogP contribution in [-0.2, 0) is 9.59 Å². The molecule has 0 aromatic carbocycles. The molecule has 0 aromatic rings. The fourth-order valence-corrected chi connectivity index (χ4v) is 2.84. The Balaban J connectivity index is 0.00000220. The molecule has 7 nitrogen and oxygen atoms in total. The van der Waals surface area contributed by atoms with Crippen molar-refractivity contribution in [1.82, 2.24) is 20.9 Å². The Labute approximate surface area is 130 Å². The molecule has 1 aliphatic carbocycles. The number of nitrogens with one attached hydrogen (secondary N) is 3. The van der Waals surface area contributed by atoms with Gasteiger partial charge in [-0.1, -0.05) is 19.3 Å². The SMILES string of the molecule is CNCCNC(=O)CN1C(=O)NC2(CCCCC2)C1=O.Cl. The molecular formula is C13H23ClN4O3. The van der Waals surface area contributed by atoms with Crippen molar-refractivity contribution in [2.75, 3.05) is 26.7 Å². The highest BCUT2D eigenvalue weighted by atomic mass is 35.5. The van der Waals surface area contributed by atoms with Gasteiger partial charge in [-0.25, -0.2) is 4.79 Å². The number of halogens is 1. The zero-order valence-corrected chi connectivity index (χ0v) is 13.1. The Kier molecular flexibility index (Phi) is 6.42. The second kappa shape index (κ2) is 7.61. The molecule has 120 valence electrons. The van der Waals surface area contributed by atoms with E-state index in [0.717, 1.165) is 24.2 Å². The van der Waals surface area contributed by atoms with Crippen LogP contribution in [0.5, 0.6) is 0 Å². The number of hydrogen-bond donors (Lipinski definition) is 3. The van der Waals surface area contributed by atoms with Gasteiger partial charge in [0.15, 0.2) is 0 Å². The monoisotopic (exact) mass is 318 g/mol. The van der Waals surface area contributed by atoms with Gasteiger partial charge in [0, 0.05) is 13.1 Å². The number of hydrogen-bond acceptors (Lipinski definition) is 4. The first kappa shape index (κ1) is 17.7. The van der Waals surface area contributed by atoms with Gasteiger partial charge >= 0.3 is 6.03 Å². The molecule has 4 amide bonds. The molecule has 2 fully saturated rings. The zero-order valence-electron chi connectivity index (χ0n) is 12.2. The van der Waals surface area contributed by atoms with Gasteiger partial charge in [0.25, 0.3) is 5.91 Å². The van der Waals surface area contributed by atoms with E-state index in [9.17, 15) is 14.4 Å². The lowest BCUT2D eigenvalue weighted by atomic mass is 9.82. The molecule has 1 saturated carbocycles. The van der Waals surface area contributed by atoms with Gasteiger partial charge in [-0.05, 0) is 19.9 Å². The molecular weight excluding hydrogens is 296 g/mol. The summed E-state index contributed by atoms with van der Waals surface area (Å²) in [5.74, 6) is -0.553. The molecule has 1 spiro atoms. The summed E-state index contributed by atoms with van der Waals surface area (Å²) in [5.41, 5.74) is -0.749. The molecule has 2 aliphatic rings. The predicted octanol–water partition coefficient (Wildman–Crippen LogP) is -0.00150. The summed E-state index contributed by atoms with van der Waals surface area (Å²) < 4.78 is 0. The van der Waals surface area contributed by atoms with E-state index in [4.69, 9.17) is 0 Å². The largest absolute Gasteiger partial charge is 0.353 e. The minimum absolute atomic E-state index is 0. The van der Waals surface area contributed by atoms with E-state index in [1.807, 2.05) is 0 Å². The van der Waals surface area contributed by atoms with Crippen LogP contribution >= 0.6 is 12.4 Å². The van der Waals surface area contributed by atoms with Crippen molar-refractivity contribution in [2.45, 2.75) is 37.6 Å². The topological polar surface area (TPSA) is 90.5 Å². The summed E-state index contributed by atoms with van der Waals surface area (Å²) >= 11 is 0. The van der Waals surface area contributed by atoms with Crippen LogP contribution in [-0.4, -0.2) is 55.0 Å². The van der Waals surface area contributed by atoms with Gasteiger partial charge in [-0.15, -0.1) is 12.4 Å². The molecule has 0 bridgehead atoms. The average Bonchev–Trinajstić information content (AvgIpc) is 2.65. The van der Waals surface area contributed by atoms with E-state index in [0.29, 0.717) is 25.9 Å². The van der Waals surface area contributed by atoms with Gasteiger partial charge in [0.1, 0.15) is 12.1 Å². The molecule has 0 unspecified atom stereocenters. The Morgan fingerprint density at radius 1 is 1.24 bits per heavy atom. The number of amides is 4. The van der Waals surface area contributed by atoms with E-state index in [1.54, 1.807) is 7.05 Å². The molecule has 1 heterocycles. The number of carbonyl (C=O) groups excluding carboxylic acids is 3. The minimum Gasteiger partial charge on any atom is -0.353 e. The van der Waals surface area contributed by atoms with Gasteiger partial charge in [-0.3, -0.25) is 14.5 Å². The summed E-state index contributed by atoms with van der Waals surface area (Å²) in [5, 5.41) is 8.36. The normalized spacial score (nSPS) is 20.1. The molecule has 3 N–H and O–H groups in total. The van der Waals surface area contributed by atoms with E-state index in [-0.39, 0.29) is 30.8 Å². The van der Waals surface area contributed by atoms with Crippen molar-refractivity contribution in [3.63, 3.8) is 0 Å². The second-order valence-electron chi connectivity index (χ2n) is 5.42. The predicted molar refractivity (Wildman–Crippen MR) is 80.2 cm³/mol. The minimum atomic E-state index is -0.749. The van der Waals surface area contributed by atoms with Crippen LogP contribution < -0.4 is 16.0 Å². The third-order valence-corrected chi connectivity index (χ3v) is 3.95. The summed E-state index contributed by atoms with van der Waals surface area (Å²) in [6.45, 7) is 0.927. The summed E-state index contributed by atoms with van der Waals surface area (Å²) in [6, 6.07) is -0.444. The molecule has 8 heteroatoms. The maximum Gasteiger partial charge on any atom is 0.325 e. The average molecular weight is 319 g/mol. The van der Waals surface area contributed by atoms with Gasteiger partial charge < -0.3 is 16.0 Å². The molecule has 0 radical (unpaired) electrons. The quantitative estimate of drug-likeness (QED) is 0.491. The van der Waals surface area contributed by atoms with Crippen LogP contribution in [0.25, 0.3) is 0 Å². The van der Waals surface area contributed by atoms with E-state index < -0.39 is 11.6 Å². The first-order chi connectivity index (χ1) is 9.59. The van der Waals surface area contributed by atoms with Crippen molar-refractivity contribution in [2.24, 2.45) is 0 Å². The van der Waals surface area contributed by atoms with Crippen molar-refractivity contribution in [3.8, 4) is 0 Å². The number of carbonyl (C=O) groups is 3. The van der Waals surface area contributed by atoms with Crippen LogP contribution in [0.2, 0.25) is 0 Å². The lowest BCUT2D eigenvalue weighted by molar-refractivity contribution is -0.135. The van der Waals surface area contributed by atoms with Crippen LogP contribution in [0.3, 0.4) is 0 Å². The fourth-order valence-electron chi connectivity index (χ4n) is 2.84. The van der Waals surface area contributed by atoms with Crippen LogP contribution in [0.4, 0.5) is 4.79 Å². The third-order valence-electron chi connectivity index (χ3n) is 3.95. The summed E-state index contributed by atoms with van der Waals surface area (Å²) in [4.78, 5) is 37.1. The summed E-state index contributed by atoms with van der Waals surface area (Å²) in [7, 11) is 1.79. The molecule has 0 aromatic heterocycles. The number of rotatable bonds is 5. The first-order valence-corrected chi connectivity index (χ1v) is 7.14. The zero-order chi connectivity index (χ0) is 14.6. The highest BCUT2D eigenvalue weighted by molar-refractivity contribution is 6.09. The maximum absolute atomic E-state index is 12.4. The lowest BCUT2D eigenvalue weighted by Gasteiger charge is -2.30. The van der Waals surface area contributed by atoms with Crippen molar-refractivity contribution in [1.29, 1.82) is 0 Å². The highest BCUT2D eigenvalue weighted by Crippen LogP contribution is 2.33. The van der Waals surface area contributed by atoms with Crippen LogP contribution in [0, 0.1) is 0 Å². The number of nitrogens with zero attached hydrogens (tertiary/aromatic N) is 1. The van der Waals surface area contributed by atoms with Crippen LogP contribution in [0.15, 0.2) is 0 Å². The highest BCUT2D eigenvalue weighted by Gasteiger charge is 2.51. The molecule has 1 aliphatic heterocycles. The van der Waals surface area contributed by atoms with Gasteiger partial charge in [0.2, 0.25) is 5.91 Å². The Hall–Kier alpha value is -1.34. The van der Waals surface area contributed by atoms with E-state index in [1.165, 1.54) is 0 Å². The third kappa shape index (κ3) is 3.85. The van der Waals surface area contributed by atoms with E-state index >= 15 is 0 Å². The molecule has 2 rings (SSSR count). The van der Waals surface area contributed by atoms with E-state index in [2.05, 4.69) is 16.0 Å². The standard InChI is InChI=1S/C13H22N4O3.ClH/c1-14-7-8-15-10(18)9-17-11(19)13(16-12(17)20)5-3-2-4-6-13;/h14H,2-9H2,1H3,(H,15,18)(H,16,20);1H. The molecule has 0 atom stereocenters.